The predicted molar refractivity (Wildman–Crippen MR) is 110 cm³/mol. The summed E-state index contributed by atoms with van der Waals surface area (Å²) in [6.07, 6.45) is 7.85. The summed E-state index contributed by atoms with van der Waals surface area (Å²) in [7, 11) is 3.98. The highest BCUT2D eigenvalue weighted by atomic mass is 32.2. The van der Waals surface area contributed by atoms with E-state index in [4.69, 9.17) is 5.10 Å². The lowest BCUT2D eigenvalue weighted by Crippen LogP contribution is -2.37. The van der Waals surface area contributed by atoms with Crippen LogP contribution in [-0.4, -0.2) is 47.6 Å². The van der Waals surface area contributed by atoms with Crippen molar-refractivity contribution in [1.29, 1.82) is 0 Å². The van der Waals surface area contributed by atoms with Crippen molar-refractivity contribution in [1.82, 2.24) is 29.4 Å². The average molecular weight is 403 g/mol. The summed E-state index contributed by atoms with van der Waals surface area (Å²) in [4.78, 5) is 15.0. The fourth-order valence-corrected chi connectivity index (χ4v) is 5.16. The van der Waals surface area contributed by atoms with Gasteiger partial charge >= 0.3 is 0 Å². The van der Waals surface area contributed by atoms with E-state index in [0.717, 1.165) is 41.0 Å². The lowest BCUT2D eigenvalue weighted by atomic mass is 9.86. The number of aryl methyl sites for hydroxylation is 1. The van der Waals surface area contributed by atoms with Crippen molar-refractivity contribution < 1.29 is 4.79 Å². The Morgan fingerprint density at radius 2 is 1.96 bits per heavy atom. The minimum atomic E-state index is 0.299. The number of fused-ring (bicyclic) bond motifs is 1. The summed E-state index contributed by atoms with van der Waals surface area (Å²) in [6.45, 7) is 3.53. The molecule has 3 heterocycles. The smallest absolute Gasteiger partial charge is 0.223 e. The van der Waals surface area contributed by atoms with Gasteiger partial charge in [-0.2, -0.15) is 5.10 Å². The fraction of sp³-hybridized carbons (Fsp3) is 0.700. The molecule has 1 aliphatic carbocycles. The standard InChI is InChI=1S/C20H30N6OS/c1-4-28-20-22-21-19(24(20)2)18-15-13-26(11-10-16(15)25(3)23-18)17(27)12-14-8-6-5-7-9-14/h14H,4-13H2,1-3H3. The Balaban J connectivity index is 1.55. The van der Waals surface area contributed by atoms with E-state index in [1.165, 1.54) is 37.8 Å². The van der Waals surface area contributed by atoms with Gasteiger partial charge in [0.15, 0.2) is 11.0 Å². The van der Waals surface area contributed by atoms with E-state index < -0.39 is 0 Å². The number of nitrogens with zero attached hydrogens (tertiary/aromatic N) is 6. The molecule has 0 radical (unpaired) electrons. The maximum Gasteiger partial charge on any atom is 0.223 e. The van der Waals surface area contributed by atoms with E-state index in [9.17, 15) is 4.79 Å². The van der Waals surface area contributed by atoms with Gasteiger partial charge in [0.05, 0.1) is 0 Å². The minimum Gasteiger partial charge on any atom is -0.338 e. The van der Waals surface area contributed by atoms with E-state index >= 15 is 0 Å². The molecular weight excluding hydrogens is 372 g/mol. The molecular formula is C20H30N6OS. The largest absolute Gasteiger partial charge is 0.338 e. The molecule has 152 valence electrons. The summed E-state index contributed by atoms with van der Waals surface area (Å²) >= 11 is 1.68. The van der Waals surface area contributed by atoms with Gasteiger partial charge in [-0.05, 0) is 24.5 Å². The van der Waals surface area contributed by atoms with Crippen molar-refractivity contribution in [2.24, 2.45) is 20.0 Å². The third kappa shape index (κ3) is 3.71. The first-order chi connectivity index (χ1) is 13.6. The molecule has 1 saturated carbocycles. The normalized spacial score (nSPS) is 17.8. The van der Waals surface area contributed by atoms with Crippen LogP contribution in [0.5, 0.6) is 0 Å². The summed E-state index contributed by atoms with van der Waals surface area (Å²) in [6, 6.07) is 0. The van der Waals surface area contributed by atoms with Crippen LogP contribution in [0.25, 0.3) is 11.5 Å². The molecule has 0 spiro atoms. The Morgan fingerprint density at radius 3 is 2.71 bits per heavy atom. The molecule has 2 aliphatic rings. The number of rotatable bonds is 5. The van der Waals surface area contributed by atoms with Gasteiger partial charge in [0.25, 0.3) is 0 Å². The van der Waals surface area contributed by atoms with Crippen molar-refractivity contribution >= 4 is 17.7 Å². The first-order valence-electron chi connectivity index (χ1n) is 10.4. The maximum atomic E-state index is 12.9. The summed E-state index contributed by atoms with van der Waals surface area (Å²) < 4.78 is 3.97. The molecule has 0 aromatic carbocycles. The SMILES string of the molecule is CCSc1nnc(-c2nn(C)c3c2CN(C(=O)CC2CCCCC2)CC3)n1C. The lowest BCUT2D eigenvalue weighted by molar-refractivity contribution is -0.133. The van der Waals surface area contributed by atoms with Crippen LogP contribution in [0.4, 0.5) is 0 Å². The van der Waals surface area contributed by atoms with Gasteiger partial charge in [0.2, 0.25) is 5.91 Å². The monoisotopic (exact) mass is 402 g/mol. The first-order valence-corrected chi connectivity index (χ1v) is 11.4. The average Bonchev–Trinajstić information content (AvgIpc) is 3.22. The molecule has 1 amide bonds. The van der Waals surface area contributed by atoms with Gasteiger partial charge in [-0.15, -0.1) is 10.2 Å². The van der Waals surface area contributed by atoms with E-state index in [1.54, 1.807) is 11.8 Å². The molecule has 4 rings (SSSR count). The number of aromatic nitrogens is 5. The molecule has 8 heteroatoms. The third-order valence-corrected chi connectivity index (χ3v) is 7.01. The zero-order valence-corrected chi connectivity index (χ0v) is 18.0. The van der Waals surface area contributed by atoms with Crippen molar-refractivity contribution in [3.63, 3.8) is 0 Å². The van der Waals surface area contributed by atoms with Crippen LogP contribution in [-0.2, 0) is 31.9 Å². The molecule has 1 aliphatic heterocycles. The van der Waals surface area contributed by atoms with Gasteiger partial charge in [0, 0.05) is 51.3 Å². The topological polar surface area (TPSA) is 68.8 Å². The second-order valence-electron chi connectivity index (χ2n) is 7.97. The summed E-state index contributed by atoms with van der Waals surface area (Å²) in [5.74, 6) is 2.61. The first kappa shape index (κ1) is 19.5. The van der Waals surface area contributed by atoms with Gasteiger partial charge in [-0.25, -0.2) is 0 Å². The molecule has 0 saturated heterocycles. The number of carbonyl (C=O) groups excluding carboxylic acids is 1. The second kappa shape index (κ2) is 8.27. The van der Waals surface area contributed by atoms with Gasteiger partial charge in [-0.3, -0.25) is 9.48 Å². The highest BCUT2D eigenvalue weighted by Gasteiger charge is 2.30. The Bertz CT molecular complexity index is 851. The highest BCUT2D eigenvalue weighted by molar-refractivity contribution is 7.99. The lowest BCUT2D eigenvalue weighted by Gasteiger charge is -2.30. The van der Waals surface area contributed by atoms with E-state index in [2.05, 4.69) is 17.1 Å². The number of carbonyl (C=O) groups is 1. The van der Waals surface area contributed by atoms with Crippen molar-refractivity contribution in [2.75, 3.05) is 12.3 Å². The molecule has 0 N–H and O–H groups in total. The Hall–Kier alpha value is -1.83. The fourth-order valence-electron chi connectivity index (χ4n) is 4.53. The molecule has 0 bridgehead atoms. The Morgan fingerprint density at radius 1 is 1.18 bits per heavy atom. The zero-order chi connectivity index (χ0) is 19.7. The molecule has 2 aromatic rings. The highest BCUT2D eigenvalue weighted by Crippen LogP contribution is 2.32. The van der Waals surface area contributed by atoms with Crippen LogP contribution in [0.2, 0.25) is 0 Å². The molecule has 0 unspecified atom stereocenters. The van der Waals surface area contributed by atoms with E-state index in [0.29, 0.717) is 24.8 Å². The molecule has 0 atom stereocenters. The minimum absolute atomic E-state index is 0.299. The van der Waals surface area contributed by atoms with E-state index in [-0.39, 0.29) is 0 Å². The van der Waals surface area contributed by atoms with Gasteiger partial charge in [-0.1, -0.05) is 37.9 Å². The summed E-state index contributed by atoms with van der Waals surface area (Å²) in [5.41, 5.74) is 3.21. The number of hydrogen-bond donors (Lipinski definition) is 0. The van der Waals surface area contributed by atoms with Crippen LogP contribution in [0.3, 0.4) is 0 Å². The quantitative estimate of drug-likeness (QED) is 0.719. The third-order valence-electron chi connectivity index (χ3n) is 6.10. The summed E-state index contributed by atoms with van der Waals surface area (Å²) in [5, 5.41) is 14.4. The number of amides is 1. The maximum absolute atomic E-state index is 12.9. The number of hydrogen-bond acceptors (Lipinski definition) is 5. The van der Waals surface area contributed by atoms with Crippen LogP contribution in [0.15, 0.2) is 5.16 Å². The van der Waals surface area contributed by atoms with Crippen LogP contribution in [0.1, 0.15) is 56.7 Å². The van der Waals surface area contributed by atoms with Crippen molar-refractivity contribution in [3.05, 3.63) is 11.3 Å². The molecule has 2 aromatic heterocycles. The zero-order valence-electron chi connectivity index (χ0n) is 17.1. The second-order valence-corrected chi connectivity index (χ2v) is 9.20. The molecule has 28 heavy (non-hydrogen) atoms. The molecule has 1 fully saturated rings. The Kier molecular flexibility index (Phi) is 5.75. The molecule has 7 nitrogen and oxygen atoms in total. The van der Waals surface area contributed by atoms with Crippen LogP contribution < -0.4 is 0 Å². The van der Waals surface area contributed by atoms with Crippen molar-refractivity contribution in [3.8, 4) is 11.5 Å². The van der Waals surface area contributed by atoms with Crippen molar-refractivity contribution in [2.45, 2.75) is 63.6 Å². The van der Waals surface area contributed by atoms with Crippen LogP contribution >= 0.6 is 11.8 Å². The number of thioether (sulfide) groups is 1. The van der Waals surface area contributed by atoms with E-state index in [1.807, 2.05) is 28.2 Å². The van der Waals surface area contributed by atoms with Gasteiger partial charge in [0.1, 0.15) is 5.69 Å². The Labute approximate surface area is 170 Å². The van der Waals surface area contributed by atoms with Crippen LogP contribution in [0, 0.1) is 5.92 Å². The van der Waals surface area contributed by atoms with Gasteiger partial charge < -0.3 is 9.47 Å². The predicted octanol–water partition coefficient (Wildman–Crippen LogP) is 3.18.